The third kappa shape index (κ3) is 5.20. The molecule has 7 nitrogen and oxygen atoms in total. The zero-order valence-electron chi connectivity index (χ0n) is 9.65. The van der Waals surface area contributed by atoms with Crippen LogP contribution in [0.5, 0.6) is 5.75 Å². The van der Waals surface area contributed by atoms with E-state index in [9.17, 15) is 4.79 Å². The standard InChI is InChI=1S/C11H13N3O4/c12-14-13-5-6-17-7-8-18-10-3-1-9(2-4-10)11(15)16/h1-4H,5-8H2,(H,15,16). The second kappa shape index (κ2) is 7.94. The molecule has 0 aromatic heterocycles. The lowest BCUT2D eigenvalue weighted by atomic mass is 10.2. The molecule has 0 unspecified atom stereocenters. The van der Waals surface area contributed by atoms with Crippen molar-refractivity contribution in [3.63, 3.8) is 0 Å². The van der Waals surface area contributed by atoms with Crippen molar-refractivity contribution in [1.29, 1.82) is 0 Å². The van der Waals surface area contributed by atoms with Gasteiger partial charge in [-0.2, -0.15) is 0 Å². The van der Waals surface area contributed by atoms with Crippen LogP contribution in [0.25, 0.3) is 10.4 Å². The number of azide groups is 1. The van der Waals surface area contributed by atoms with E-state index in [0.717, 1.165) is 0 Å². The van der Waals surface area contributed by atoms with Crippen molar-refractivity contribution in [2.24, 2.45) is 5.11 Å². The lowest BCUT2D eigenvalue weighted by molar-refractivity contribution is 0.0696. The molecule has 0 amide bonds. The molecule has 0 aliphatic carbocycles. The highest BCUT2D eigenvalue weighted by Gasteiger charge is 2.01. The number of ether oxygens (including phenoxy) is 2. The van der Waals surface area contributed by atoms with Gasteiger partial charge in [-0.1, -0.05) is 5.11 Å². The summed E-state index contributed by atoms with van der Waals surface area (Å²) in [5.41, 5.74) is 8.23. The number of benzene rings is 1. The van der Waals surface area contributed by atoms with Gasteiger partial charge in [-0.05, 0) is 29.8 Å². The number of hydrogen-bond donors (Lipinski definition) is 1. The van der Waals surface area contributed by atoms with Crippen molar-refractivity contribution in [2.45, 2.75) is 0 Å². The van der Waals surface area contributed by atoms with Crippen LogP contribution in [0.4, 0.5) is 0 Å². The molecule has 1 rings (SSSR count). The predicted molar refractivity (Wildman–Crippen MR) is 63.7 cm³/mol. The van der Waals surface area contributed by atoms with E-state index in [0.29, 0.717) is 32.1 Å². The lowest BCUT2D eigenvalue weighted by Crippen LogP contribution is -2.08. The highest BCUT2D eigenvalue weighted by molar-refractivity contribution is 5.87. The molecule has 1 aromatic rings. The average Bonchev–Trinajstić information content (AvgIpc) is 2.38. The normalized spacial score (nSPS) is 9.56. The van der Waals surface area contributed by atoms with Gasteiger partial charge in [0.1, 0.15) is 12.4 Å². The first-order valence-corrected chi connectivity index (χ1v) is 5.29. The Bertz CT molecular complexity index is 426. The summed E-state index contributed by atoms with van der Waals surface area (Å²) in [6.07, 6.45) is 0. The van der Waals surface area contributed by atoms with E-state index in [1.165, 1.54) is 12.1 Å². The molecule has 0 aliphatic rings. The summed E-state index contributed by atoms with van der Waals surface area (Å²) in [6, 6.07) is 6.12. The van der Waals surface area contributed by atoms with Gasteiger partial charge in [-0.25, -0.2) is 4.79 Å². The van der Waals surface area contributed by atoms with E-state index >= 15 is 0 Å². The van der Waals surface area contributed by atoms with Gasteiger partial charge in [0.25, 0.3) is 0 Å². The Balaban J connectivity index is 2.19. The molecule has 96 valence electrons. The van der Waals surface area contributed by atoms with E-state index in [2.05, 4.69) is 10.0 Å². The summed E-state index contributed by atoms with van der Waals surface area (Å²) < 4.78 is 10.5. The molecule has 0 fully saturated rings. The molecule has 1 aromatic carbocycles. The topological polar surface area (TPSA) is 105 Å². The van der Waals surface area contributed by atoms with Gasteiger partial charge in [0.2, 0.25) is 0 Å². The fourth-order valence-electron chi connectivity index (χ4n) is 1.16. The lowest BCUT2D eigenvalue weighted by Gasteiger charge is -2.06. The summed E-state index contributed by atoms with van der Waals surface area (Å²) >= 11 is 0. The Hall–Kier alpha value is -2.24. The Morgan fingerprint density at radius 1 is 1.28 bits per heavy atom. The monoisotopic (exact) mass is 251 g/mol. The summed E-state index contributed by atoms with van der Waals surface area (Å²) in [5, 5.41) is 12.0. The number of carboxylic acid groups (broad SMARTS) is 1. The van der Waals surface area contributed by atoms with Crippen LogP contribution in [-0.4, -0.2) is 37.4 Å². The van der Waals surface area contributed by atoms with Crippen LogP contribution in [0.15, 0.2) is 29.4 Å². The first-order valence-electron chi connectivity index (χ1n) is 5.29. The van der Waals surface area contributed by atoms with Crippen LogP contribution in [0, 0.1) is 0 Å². The molecule has 0 bridgehead atoms. The van der Waals surface area contributed by atoms with Crippen molar-refractivity contribution in [3.8, 4) is 5.75 Å². The Kier molecular flexibility index (Phi) is 6.10. The molecular formula is C11H13N3O4. The summed E-state index contributed by atoms with van der Waals surface area (Å²) in [5.74, 6) is -0.387. The number of carbonyl (C=O) groups is 1. The van der Waals surface area contributed by atoms with Crippen LogP contribution in [0.1, 0.15) is 10.4 Å². The maximum Gasteiger partial charge on any atom is 0.335 e. The van der Waals surface area contributed by atoms with Crippen LogP contribution in [-0.2, 0) is 4.74 Å². The zero-order valence-corrected chi connectivity index (χ0v) is 9.65. The van der Waals surface area contributed by atoms with Gasteiger partial charge in [-0.15, -0.1) is 0 Å². The second-order valence-corrected chi connectivity index (χ2v) is 3.24. The first kappa shape index (κ1) is 13.8. The van der Waals surface area contributed by atoms with Crippen LogP contribution < -0.4 is 4.74 Å². The Labute approximate surface area is 104 Å². The quantitative estimate of drug-likeness (QED) is 0.330. The molecule has 0 aliphatic heterocycles. The third-order valence-electron chi connectivity index (χ3n) is 2.00. The fourth-order valence-corrected chi connectivity index (χ4v) is 1.16. The van der Waals surface area contributed by atoms with Gasteiger partial charge in [-0.3, -0.25) is 0 Å². The van der Waals surface area contributed by atoms with Crippen molar-refractivity contribution in [3.05, 3.63) is 40.3 Å². The van der Waals surface area contributed by atoms with Crippen molar-refractivity contribution in [2.75, 3.05) is 26.4 Å². The summed E-state index contributed by atoms with van der Waals surface area (Å²) in [7, 11) is 0. The average molecular weight is 251 g/mol. The van der Waals surface area contributed by atoms with E-state index in [1.54, 1.807) is 12.1 Å². The number of carboxylic acids is 1. The Morgan fingerprint density at radius 3 is 2.61 bits per heavy atom. The van der Waals surface area contributed by atoms with Gasteiger partial charge in [0, 0.05) is 11.5 Å². The largest absolute Gasteiger partial charge is 0.491 e. The highest BCUT2D eigenvalue weighted by Crippen LogP contribution is 2.11. The maximum atomic E-state index is 10.6. The molecule has 18 heavy (non-hydrogen) atoms. The van der Waals surface area contributed by atoms with E-state index in [4.69, 9.17) is 20.1 Å². The number of nitrogens with zero attached hydrogens (tertiary/aromatic N) is 3. The molecule has 0 heterocycles. The summed E-state index contributed by atoms with van der Waals surface area (Å²) in [4.78, 5) is 13.2. The second-order valence-electron chi connectivity index (χ2n) is 3.24. The SMILES string of the molecule is [N-]=[N+]=NCCOCCOc1ccc(C(=O)O)cc1. The summed E-state index contributed by atoms with van der Waals surface area (Å²) in [6.45, 7) is 1.37. The van der Waals surface area contributed by atoms with Gasteiger partial charge >= 0.3 is 5.97 Å². The molecule has 0 atom stereocenters. The highest BCUT2D eigenvalue weighted by atomic mass is 16.5. The van der Waals surface area contributed by atoms with Gasteiger partial charge in [0.05, 0.1) is 18.8 Å². The minimum atomic E-state index is -0.970. The maximum absolute atomic E-state index is 10.6. The number of rotatable bonds is 8. The molecule has 0 spiro atoms. The molecule has 0 radical (unpaired) electrons. The minimum Gasteiger partial charge on any atom is -0.491 e. The van der Waals surface area contributed by atoms with Gasteiger partial charge < -0.3 is 14.6 Å². The van der Waals surface area contributed by atoms with Crippen molar-refractivity contribution >= 4 is 5.97 Å². The predicted octanol–water partition coefficient (Wildman–Crippen LogP) is 2.09. The van der Waals surface area contributed by atoms with Crippen molar-refractivity contribution in [1.82, 2.24) is 0 Å². The van der Waals surface area contributed by atoms with Crippen LogP contribution in [0.2, 0.25) is 0 Å². The number of hydrogen-bond acceptors (Lipinski definition) is 4. The van der Waals surface area contributed by atoms with Crippen LogP contribution >= 0.6 is 0 Å². The van der Waals surface area contributed by atoms with E-state index < -0.39 is 5.97 Å². The van der Waals surface area contributed by atoms with Crippen molar-refractivity contribution < 1.29 is 19.4 Å². The smallest absolute Gasteiger partial charge is 0.335 e. The zero-order chi connectivity index (χ0) is 13.2. The fraction of sp³-hybridized carbons (Fsp3) is 0.364. The Morgan fingerprint density at radius 2 is 2.00 bits per heavy atom. The molecule has 0 saturated heterocycles. The minimum absolute atomic E-state index is 0.216. The van der Waals surface area contributed by atoms with Crippen LogP contribution in [0.3, 0.4) is 0 Å². The third-order valence-corrected chi connectivity index (χ3v) is 2.00. The molecular weight excluding hydrogens is 238 g/mol. The van der Waals surface area contributed by atoms with Gasteiger partial charge in [0.15, 0.2) is 0 Å². The number of aromatic carboxylic acids is 1. The van der Waals surface area contributed by atoms with E-state index in [1.807, 2.05) is 0 Å². The molecule has 7 heteroatoms. The van der Waals surface area contributed by atoms with E-state index in [-0.39, 0.29) is 5.56 Å². The molecule has 1 N–H and O–H groups in total. The first-order chi connectivity index (χ1) is 8.74. The molecule has 0 saturated carbocycles.